The van der Waals surface area contributed by atoms with Crippen molar-refractivity contribution < 1.29 is 19.2 Å². The van der Waals surface area contributed by atoms with Gasteiger partial charge < -0.3 is 9.52 Å². The molecule has 17 heavy (non-hydrogen) atoms. The van der Waals surface area contributed by atoms with Gasteiger partial charge in [0.2, 0.25) is 0 Å². The predicted octanol–water partition coefficient (Wildman–Crippen LogP) is 2.37. The van der Waals surface area contributed by atoms with E-state index in [1.54, 1.807) is 0 Å². The van der Waals surface area contributed by atoms with Gasteiger partial charge in [0.1, 0.15) is 11.5 Å². The second-order valence-electron chi connectivity index (χ2n) is 3.28. The van der Waals surface area contributed by atoms with Gasteiger partial charge in [-0.2, -0.15) is 0 Å². The van der Waals surface area contributed by atoms with Gasteiger partial charge in [0.05, 0.1) is 16.6 Å². The van der Waals surface area contributed by atoms with Gasteiger partial charge in [0.15, 0.2) is 12.0 Å². The predicted molar refractivity (Wildman–Crippen MR) is 57.9 cm³/mol. The minimum absolute atomic E-state index is 0.123. The molecule has 0 saturated carbocycles. The zero-order valence-electron chi connectivity index (χ0n) is 8.49. The van der Waals surface area contributed by atoms with E-state index in [-0.39, 0.29) is 23.0 Å². The van der Waals surface area contributed by atoms with Gasteiger partial charge in [-0.3, -0.25) is 14.9 Å². The average Bonchev–Trinajstić information content (AvgIpc) is 2.77. The van der Waals surface area contributed by atoms with Crippen LogP contribution in [-0.4, -0.2) is 16.3 Å². The number of hydrogen-bond acceptors (Lipinski definition) is 5. The lowest BCUT2D eigenvalue weighted by Gasteiger charge is -2.00. The molecule has 0 aliphatic rings. The Morgan fingerprint density at radius 1 is 1.29 bits per heavy atom. The van der Waals surface area contributed by atoms with Crippen molar-refractivity contribution >= 4 is 12.0 Å². The van der Waals surface area contributed by atoms with Crippen LogP contribution in [0.2, 0.25) is 0 Å². The fourth-order valence-electron chi connectivity index (χ4n) is 1.40. The molecule has 1 aromatic carbocycles. The first kappa shape index (κ1) is 10.9. The number of non-ortho nitro benzene ring substituents is 1. The molecule has 6 nitrogen and oxygen atoms in total. The Morgan fingerprint density at radius 2 is 2.06 bits per heavy atom. The summed E-state index contributed by atoms with van der Waals surface area (Å²) in [6, 6.07) is 6.59. The summed E-state index contributed by atoms with van der Waals surface area (Å²) in [6.07, 6.45) is 0.534. The fourth-order valence-corrected chi connectivity index (χ4v) is 1.40. The van der Waals surface area contributed by atoms with Gasteiger partial charge >= 0.3 is 0 Å². The van der Waals surface area contributed by atoms with Gasteiger partial charge in [0, 0.05) is 6.07 Å². The molecule has 0 fully saturated rings. The maximum atomic E-state index is 10.5. The number of benzene rings is 1. The standard InChI is InChI=1S/C11H7NO5/c13-6-8-2-4-11(17-8)9-3-1-7(12(15)16)5-10(9)14/h1-6,14H. The van der Waals surface area contributed by atoms with Crippen LogP contribution in [0.4, 0.5) is 5.69 Å². The van der Waals surface area contributed by atoms with E-state index < -0.39 is 4.92 Å². The summed E-state index contributed by atoms with van der Waals surface area (Å²) in [6.45, 7) is 0. The number of rotatable bonds is 3. The number of carbonyl (C=O) groups is 1. The number of nitro groups is 1. The third kappa shape index (κ3) is 2.00. The van der Waals surface area contributed by atoms with Crippen LogP contribution < -0.4 is 0 Å². The van der Waals surface area contributed by atoms with E-state index in [0.717, 1.165) is 6.07 Å². The third-order valence-corrected chi connectivity index (χ3v) is 2.20. The molecule has 0 saturated heterocycles. The van der Waals surface area contributed by atoms with Crippen LogP contribution in [0.1, 0.15) is 10.6 Å². The number of nitrogens with zero attached hydrogens (tertiary/aromatic N) is 1. The van der Waals surface area contributed by atoms with Crippen LogP contribution in [0.25, 0.3) is 11.3 Å². The summed E-state index contributed by atoms with van der Waals surface area (Å²) in [5, 5.41) is 20.1. The van der Waals surface area contributed by atoms with Crippen molar-refractivity contribution in [2.45, 2.75) is 0 Å². The van der Waals surface area contributed by atoms with Crippen molar-refractivity contribution in [3.63, 3.8) is 0 Å². The van der Waals surface area contributed by atoms with Crippen LogP contribution in [-0.2, 0) is 0 Å². The number of aromatic hydroxyl groups is 1. The molecule has 6 heteroatoms. The Balaban J connectivity index is 2.46. The summed E-state index contributed by atoms with van der Waals surface area (Å²) < 4.78 is 5.10. The van der Waals surface area contributed by atoms with E-state index in [2.05, 4.69) is 0 Å². The van der Waals surface area contributed by atoms with Gasteiger partial charge in [0.25, 0.3) is 5.69 Å². The number of carbonyl (C=O) groups excluding carboxylic acids is 1. The van der Waals surface area contributed by atoms with Gasteiger partial charge in [-0.05, 0) is 18.2 Å². The highest BCUT2D eigenvalue weighted by Gasteiger charge is 2.13. The Labute approximate surface area is 95.3 Å². The van der Waals surface area contributed by atoms with E-state index >= 15 is 0 Å². The minimum Gasteiger partial charge on any atom is -0.507 e. The molecule has 0 aliphatic heterocycles. The van der Waals surface area contributed by atoms with Crippen LogP contribution in [0.5, 0.6) is 5.75 Å². The number of furan rings is 1. The summed E-state index contributed by atoms with van der Waals surface area (Å²) in [4.78, 5) is 20.3. The van der Waals surface area contributed by atoms with Gasteiger partial charge in [-0.1, -0.05) is 0 Å². The molecule has 1 aromatic heterocycles. The topological polar surface area (TPSA) is 93.6 Å². The van der Waals surface area contributed by atoms with Crippen molar-refractivity contribution in [2.75, 3.05) is 0 Å². The van der Waals surface area contributed by atoms with Crippen LogP contribution in [0.15, 0.2) is 34.7 Å². The van der Waals surface area contributed by atoms with Crippen LogP contribution >= 0.6 is 0 Å². The maximum absolute atomic E-state index is 10.5. The zero-order chi connectivity index (χ0) is 12.4. The first-order valence-electron chi connectivity index (χ1n) is 4.64. The molecule has 2 rings (SSSR count). The quantitative estimate of drug-likeness (QED) is 0.499. The number of hydrogen-bond donors (Lipinski definition) is 1. The Kier molecular flexibility index (Phi) is 2.61. The second-order valence-corrected chi connectivity index (χ2v) is 3.28. The normalized spacial score (nSPS) is 10.1. The first-order valence-corrected chi connectivity index (χ1v) is 4.64. The third-order valence-electron chi connectivity index (χ3n) is 2.20. The van der Waals surface area contributed by atoms with E-state index in [4.69, 9.17) is 4.42 Å². The Bertz CT molecular complexity index is 587. The van der Waals surface area contributed by atoms with E-state index in [1.807, 2.05) is 0 Å². The molecule has 0 atom stereocenters. The summed E-state index contributed by atoms with van der Waals surface area (Å²) in [5.41, 5.74) is 0.0807. The van der Waals surface area contributed by atoms with Crippen molar-refractivity contribution in [1.82, 2.24) is 0 Å². The molecule has 0 bridgehead atoms. The van der Waals surface area contributed by atoms with Crippen molar-refractivity contribution in [2.24, 2.45) is 0 Å². The highest BCUT2D eigenvalue weighted by Crippen LogP contribution is 2.33. The lowest BCUT2D eigenvalue weighted by molar-refractivity contribution is -0.384. The van der Waals surface area contributed by atoms with Gasteiger partial charge in [-0.15, -0.1) is 0 Å². The lowest BCUT2D eigenvalue weighted by atomic mass is 10.1. The van der Waals surface area contributed by atoms with Crippen molar-refractivity contribution in [3.8, 4) is 17.1 Å². The van der Waals surface area contributed by atoms with Crippen LogP contribution in [0.3, 0.4) is 0 Å². The van der Waals surface area contributed by atoms with E-state index in [0.29, 0.717) is 11.8 Å². The fraction of sp³-hybridized carbons (Fsp3) is 0. The monoisotopic (exact) mass is 233 g/mol. The molecule has 0 spiro atoms. The second kappa shape index (κ2) is 4.09. The van der Waals surface area contributed by atoms with Gasteiger partial charge in [-0.25, -0.2) is 0 Å². The van der Waals surface area contributed by atoms with E-state index in [9.17, 15) is 20.0 Å². The molecular formula is C11H7NO5. The molecule has 0 aliphatic carbocycles. The highest BCUT2D eigenvalue weighted by atomic mass is 16.6. The average molecular weight is 233 g/mol. The minimum atomic E-state index is -0.609. The number of nitro benzene ring substituents is 1. The number of aldehydes is 1. The van der Waals surface area contributed by atoms with Crippen molar-refractivity contribution in [3.05, 3.63) is 46.2 Å². The SMILES string of the molecule is O=Cc1ccc(-c2ccc([N+](=O)[O-])cc2O)o1. The van der Waals surface area contributed by atoms with Crippen molar-refractivity contribution in [1.29, 1.82) is 0 Å². The zero-order valence-corrected chi connectivity index (χ0v) is 8.49. The smallest absolute Gasteiger partial charge is 0.273 e. The molecule has 0 amide bonds. The first-order chi connectivity index (χ1) is 8.11. The molecule has 0 radical (unpaired) electrons. The summed E-state index contributed by atoms with van der Waals surface area (Å²) in [7, 11) is 0. The molecule has 1 N–H and O–H groups in total. The van der Waals surface area contributed by atoms with E-state index in [1.165, 1.54) is 24.3 Å². The molecule has 0 unspecified atom stereocenters. The summed E-state index contributed by atoms with van der Waals surface area (Å²) in [5.74, 6) is 0.128. The highest BCUT2D eigenvalue weighted by molar-refractivity contribution is 5.74. The Morgan fingerprint density at radius 3 is 2.59 bits per heavy atom. The number of phenolic OH excluding ortho intramolecular Hbond substituents is 1. The largest absolute Gasteiger partial charge is 0.507 e. The number of phenols is 1. The molecule has 86 valence electrons. The lowest BCUT2D eigenvalue weighted by Crippen LogP contribution is -1.87. The Hall–Kier alpha value is -2.63. The summed E-state index contributed by atoms with van der Waals surface area (Å²) >= 11 is 0. The van der Waals surface area contributed by atoms with Crippen LogP contribution in [0, 0.1) is 10.1 Å². The maximum Gasteiger partial charge on any atom is 0.273 e. The molecule has 2 aromatic rings. The molecule has 1 heterocycles. The molecular weight excluding hydrogens is 226 g/mol.